The monoisotopic (exact) mass is 289 g/mol. The molecule has 5 N–H and O–H groups in total. The van der Waals surface area contributed by atoms with E-state index in [1.165, 1.54) is 0 Å². The van der Waals surface area contributed by atoms with Gasteiger partial charge in [0, 0.05) is 0 Å². The summed E-state index contributed by atoms with van der Waals surface area (Å²) in [5.74, 6) is -0.687. The number of hydrogen-bond acceptors (Lipinski definition) is 9. The summed E-state index contributed by atoms with van der Waals surface area (Å²) < 4.78 is 18.5. The average Bonchev–Trinajstić information content (AvgIpc) is 2.66. The van der Waals surface area contributed by atoms with E-state index in [1.54, 1.807) is 0 Å². The summed E-state index contributed by atoms with van der Waals surface area (Å²) in [5, 5.41) is 31.7. The van der Waals surface area contributed by atoms with Crippen LogP contribution in [0, 0.1) is 10.1 Å². The Bertz CT molecular complexity index is 518. The van der Waals surface area contributed by atoms with Gasteiger partial charge in [0.2, 0.25) is 11.6 Å². The second-order valence-electron chi connectivity index (χ2n) is 4.07. The molecular weight excluding hydrogens is 277 g/mol. The van der Waals surface area contributed by atoms with E-state index in [9.17, 15) is 19.6 Å². The van der Waals surface area contributed by atoms with Crippen molar-refractivity contribution in [3.63, 3.8) is 0 Å². The number of halogens is 1. The molecule has 1 aromatic rings. The maximum absolute atomic E-state index is 13.5. The fourth-order valence-electron chi connectivity index (χ4n) is 1.81. The predicted octanol–water partition coefficient (Wildman–Crippen LogP) is -1.20. The molecule has 0 saturated carbocycles. The number of aliphatic hydroxyl groups is 2. The lowest BCUT2D eigenvalue weighted by Gasteiger charge is -2.16. The Morgan fingerprint density at radius 2 is 2.30 bits per heavy atom. The van der Waals surface area contributed by atoms with Crippen molar-refractivity contribution in [2.24, 2.45) is 0 Å². The second-order valence-corrected chi connectivity index (χ2v) is 4.07. The predicted molar refractivity (Wildman–Crippen MR) is 63.4 cm³/mol. The molecule has 20 heavy (non-hydrogen) atoms. The molecule has 1 fully saturated rings. The molecule has 0 bridgehead atoms. The van der Waals surface area contributed by atoms with Crippen molar-refractivity contribution in [1.29, 1.82) is 0 Å². The molecule has 0 unspecified atom stereocenters. The fraction of sp³-hybridized carbons (Fsp3) is 0.556. The molecule has 2 rings (SSSR count). The van der Waals surface area contributed by atoms with Crippen LogP contribution in [0.15, 0.2) is 6.33 Å². The molecule has 0 aliphatic carbocycles. The van der Waals surface area contributed by atoms with Gasteiger partial charge in [-0.3, -0.25) is 10.1 Å². The molecule has 4 atom stereocenters. The maximum atomic E-state index is 13.5. The van der Waals surface area contributed by atoms with E-state index in [1.807, 2.05) is 0 Å². The van der Waals surface area contributed by atoms with Crippen molar-refractivity contribution < 1.29 is 24.3 Å². The van der Waals surface area contributed by atoms with Crippen LogP contribution in [0.1, 0.15) is 0 Å². The van der Waals surface area contributed by atoms with E-state index in [-0.39, 0.29) is 11.6 Å². The van der Waals surface area contributed by atoms with Crippen molar-refractivity contribution in [3.8, 4) is 0 Å². The van der Waals surface area contributed by atoms with Gasteiger partial charge in [-0.15, -0.1) is 0 Å². The Morgan fingerprint density at radius 3 is 2.85 bits per heavy atom. The SMILES string of the molecule is Nc1ncnc(N[C@@H]2O[C@H](CO)[C@@H](F)[C@H]2O)c1[N+](=O)[O-]. The summed E-state index contributed by atoms with van der Waals surface area (Å²) in [6.45, 7) is -0.635. The topological polar surface area (TPSA) is 157 Å². The third-order valence-electron chi connectivity index (χ3n) is 2.81. The standard InChI is InChI=1S/C9H12FN5O5/c10-4-3(1-16)20-9(6(4)17)14-8-5(15(18)19)7(11)12-2-13-8/h2-4,6,9,16-17H,1H2,(H3,11,12,13,14)/t3-,4-,6-,9-/m1/s1. The summed E-state index contributed by atoms with van der Waals surface area (Å²) in [7, 11) is 0. The van der Waals surface area contributed by atoms with Crippen molar-refractivity contribution in [2.45, 2.75) is 24.6 Å². The van der Waals surface area contributed by atoms with Crippen LogP contribution in [0.5, 0.6) is 0 Å². The van der Waals surface area contributed by atoms with Gasteiger partial charge in [-0.05, 0) is 0 Å². The Morgan fingerprint density at radius 1 is 1.60 bits per heavy atom. The minimum atomic E-state index is -1.82. The van der Waals surface area contributed by atoms with Crippen molar-refractivity contribution in [3.05, 3.63) is 16.4 Å². The molecule has 1 saturated heterocycles. The summed E-state index contributed by atoms with van der Waals surface area (Å²) in [6.07, 6.45) is -4.97. The number of aliphatic hydroxyl groups excluding tert-OH is 2. The number of nitrogens with zero attached hydrogens (tertiary/aromatic N) is 3. The summed E-state index contributed by atoms with van der Waals surface area (Å²) in [5.41, 5.74) is 4.76. The van der Waals surface area contributed by atoms with Crippen LogP contribution in [0.25, 0.3) is 0 Å². The summed E-state index contributed by atoms with van der Waals surface area (Å²) in [6, 6.07) is 0. The Kier molecular flexibility index (Phi) is 3.92. The molecule has 1 aliphatic heterocycles. The Hall–Kier alpha value is -2.11. The van der Waals surface area contributed by atoms with Crippen LogP contribution in [-0.2, 0) is 4.74 Å². The lowest BCUT2D eigenvalue weighted by atomic mass is 10.1. The molecule has 1 aromatic heterocycles. The minimum Gasteiger partial charge on any atom is -0.394 e. The quantitative estimate of drug-likeness (QED) is 0.394. The molecule has 0 radical (unpaired) electrons. The smallest absolute Gasteiger partial charge is 0.353 e. The van der Waals surface area contributed by atoms with Gasteiger partial charge >= 0.3 is 5.69 Å². The van der Waals surface area contributed by atoms with Crippen molar-refractivity contribution >= 4 is 17.3 Å². The summed E-state index contributed by atoms with van der Waals surface area (Å²) >= 11 is 0. The van der Waals surface area contributed by atoms with Crippen LogP contribution < -0.4 is 11.1 Å². The first kappa shape index (κ1) is 14.3. The van der Waals surface area contributed by atoms with E-state index < -0.39 is 41.8 Å². The van der Waals surface area contributed by atoms with Gasteiger partial charge in [-0.2, -0.15) is 0 Å². The zero-order valence-corrected chi connectivity index (χ0v) is 10.0. The number of aromatic nitrogens is 2. The average molecular weight is 289 g/mol. The Labute approximate surface area is 111 Å². The number of hydrogen-bond donors (Lipinski definition) is 4. The normalized spacial score (nSPS) is 29.4. The molecule has 0 aromatic carbocycles. The number of anilines is 2. The molecule has 1 aliphatic rings. The fourth-order valence-corrected chi connectivity index (χ4v) is 1.81. The second kappa shape index (κ2) is 5.48. The molecule has 10 nitrogen and oxygen atoms in total. The highest BCUT2D eigenvalue weighted by Gasteiger charge is 2.44. The van der Waals surface area contributed by atoms with E-state index >= 15 is 0 Å². The van der Waals surface area contributed by atoms with Crippen LogP contribution in [0.3, 0.4) is 0 Å². The van der Waals surface area contributed by atoms with Crippen LogP contribution in [-0.4, -0.2) is 56.3 Å². The largest absolute Gasteiger partial charge is 0.394 e. The first-order valence-electron chi connectivity index (χ1n) is 5.55. The third kappa shape index (κ3) is 2.45. The van der Waals surface area contributed by atoms with Gasteiger partial charge in [0.1, 0.15) is 18.5 Å². The van der Waals surface area contributed by atoms with Gasteiger partial charge < -0.3 is 26.0 Å². The third-order valence-corrected chi connectivity index (χ3v) is 2.81. The minimum absolute atomic E-state index is 0.308. The van der Waals surface area contributed by atoms with Gasteiger partial charge in [0.25, 0.3) is 0 Å². The van der Waals surface area contributed by atoms with Crippen LogP contribution in [0.4, 0.5) is 21.7 Å². The van der Waals surface area contributed by atoms with E-state index in [4.69, 9.17) is 15.6 Å². The number of nitrogen functional groups attached to an aromatic ring is 1. The number of ether oxygens (including phenoxy) is 1. The number of nitro groups is 1. The lowest BCUT2D eigenvalue weighted by Crippen LogP contribution is -2.34. The highest BCUT2D eigenvalue weighted by molar-refractivity contribution is 5.67. The van der Waals surface area contributed by atoms with E-state index in [0.717, 1.165) is 6.33 Å². The lowest BCUT2D eigenvalue weighted by molar-refractivity contribution is -0.383. The highest BCUT2D eigenvalue weighted by atomic mass is 19.1. The number of nitrogens with two attached hydrogens (primary N) is 1. The van der Waals surface area contributed by atoms with Crippen LogP contribution >= 0.6 is 0 Å². The number of nitrogens with one attached hydrogen (secondary N) is 1. The van der Waals surface area contributed by atoms with E-state index in [2.05, 4.69) is 15.3 Å². The first-order chi connectivity index (χ1) is 9.45. The summed E-state index contributed by atoms with van der Waals surface area (Å²) in [4.78, 5) is 17.1. The zero-order chi connectivity index (χ0) is 14.9. The first-order valence-corrected chi connectivity index (χ1v) is 5.55. The molecule has 0 amide bonds. The molecule has 0 spiro atoms. The van der Waals surface area contributed by atoms with E-state index in [0.29, 0.717) is 0 Å². The van der Waals surface area contributed by atoms with Gasteiger partial charge in [0.15, 0.2) is 12.4 Å². The maximum Gasteiger partial charge on any atom is 0.353 e. The number of rotatable bonds is 4. The van der Waals surface area contributed by atoms with Gasteiger partial charge in [0.05, 0.1) is 11.5 Å². The zero-order valence-electron chi connectivity index (χ0n) is 10.0. The highest BCUT2D eigenvalue weighted by Crippen LogP contribution is 2.30. The van der Waals surface area contributed by atoms with Crippen LogP contribution in [0.2, 0.25) is 0 Å². The molecule has 2 heterocycles. The van der Waals surface area contributed by atoms with Crippen molar-refractivity contribution in [1.82, 2.24) is 9.97 Å². The van der Waals surface area contributed by atoms with Gasteiger partial charge in [-0.25, -0.2) is 14.4 Å². The Balaban J connectivity index is 2.23. The van der Waals surface area contributed by atoms with Gasteiger partial charge in [-0.1, -0.05) is 0 Å². The molecular formula is C9H12FN5O5. The molecule has 11 heteroatoms. The van der Waals surface area contributed by atoms with Crippen molar-refractivity contribution in [2.75, 3.05) is 17.7 Å². The number of alkyl halides is 1. The molecule has 110 valence electrons.